The van der Waals surface area contributed by atoms with Crippen LogP contribution in [-0.2, 0) is 0 Å². The van der Waals surface area contributed by atoms with Crippen LogP contribution in [0.25, 0.3) is 0 Å². The van der Waals surface area contributed by atoms with Crippen molar-refractivity contribution in [1.29, 1.82) is 0 Å². The lowest BCUT2D eigenvalue weighted by molar-refractivity contribution is 0.0696. The zero-order valence-corrected chi connectivity index (χ0v) is 14.9. The summed E-state index contributed by atoms with van der Waals surface area (Å²) in [6.07, 6.45) is 0. The van der Waals surface area contributed by atoms with Gasteiger partial charge in [0.25, 0.3) is 11.8 Å². The van der Waals surface area contributed by atoms with E-state index in [-0.39, 0.29) is 39.6 Å². The summed E-state index contributed by atoms with van der Waals surface area (Å²) in [5, 5.41) is 33.9. The van der Waals surface area contributed by atoms with Crippen molar-refractivity contribution in [3.63, 3.8) is 0 Å². The third kappa shape index (κ3) is 4.33. The molecular weight excluding hydrogens is 376 g/mol. The van der Waals surface area contributed by atoms with Gasteiger partial charge in [-0.3, -0.25) is 9.59 Å². The quantitative estimate of drug-likeness (QED) is 0.452. The van der Waals surface area contributed by atoms with Crippen LogP contribution < -0.4 is 10.6 Å². The highest BCUT2D eigenvalue weighted by molar-refractivity contribution is 6.12. The largest absolute Gasteiger partial charge is 0.507 e. The Morgan fingerprint density at radius 3 is 1.62 bits per heavy atom. The molecule has 0 aliphatic rings. The van der Waals surface area contributed by atoms with E-state index in [0.29, 0.717) is 0 Å². The number of benzene rings is 3. The van der Waals surface area contributed by atoms with Crippen LogP contribution in [0.5, 0.6) is 11.5 Å². The van der Waals surface area contributed by atoms with Crippen LogP contribution in [0.3, 0.4) is 0 Å². The van der Waals surface area contributed by atoms with Crippen molar-refractivity contribution < 1.29 is 29.7 Å². The SMILES string of the molecule is O=C(O)c1ccc(NC(=O)c2ccccc2O)c(NC(=O)c2ccccc2O)c1. The molecule has 3 rings (SSSR count). The summed E-state index contributed by atoms with van der Waals surface area (Å²) >= 11 is 0. The number of carboxylic acid groups (broad SMARTS) is 1. The molecule has 5 N–H and O–H groups in total. The van der Waals surface area contributed by atoms with E-state index in [1.54, 1.807) is 24.3 Å². The van der Waals surface area contributed by atoms with Crippen molar-refractivity contribution >= 4 is 29.2 Å². The lowest BCUT2D eigenvalue weighted by Gasteiger charge is -2.14. The van der Waals surface area contributed by atoms with Gasteiger partial charge in [0.15, 0.2) is 0 Å². The first-order valence-electron chi connectivity index (χ1n) is 8.43. The molecule has 0 saturated carbocycles. The molecule has 2 amide bonds. The van der Waals surface area contributed by atoms with E-state index in [9.17, 15) is 29.7 Å². The molecule has 3 aromatic carbocycles. The fourth-order valence-corrected chi connectivity index (χ4v) is 2.60. The zero-order valence-electron chi connectivity index (χ0n) is 14.9. The average molecular weight is 392 g/mol. The minimum atomic E-state index is -1.22. The molecule has 146 valence electrons. The van der Waals surface area contributed by atoms with Gasteiger partial charge in [-0.15, -0.1) is 0 Å². The van der Waals surface area contributed by atoms with Crippen molar-refractivity contribution in [3.05, 3.63) is 83.4 Å². The highest BCUT2D eigenvalue weighted by atomic mass is 16.4. The van der Waals surface area contributed by atoms with Crippen molar-refractivity contribution in [2.45, 2.75) is 0 Å². The van der Waals surface area contributed by atoms with E-state index < -0.39 is 17.8 Å². The Balaban J connectivity index is 1.94. The summed E-state index contributed by atoms with van der Waals surface area (Å²) in [5.41, 5.74) is 0.00564. The fourth-order valence-electron chi connectivity index (χ4n) is 2.60. The number of hydrogen-bond acceptors (Lipinski definition) is 5. The minimum absolute atomic E-state index is 0.00721. The molecule has 8 heteroatoms. The average Bonchev–Trinajstić information content (AvgIpc) is 2.69. The van der Waals surface area contributed by atoms with Crippen molar-refractivity contribution in [2.24, 2.45) is 0 Å². The van der Waals surface area contributed by atoms with Gasteiger partial charge in [0.05, 0.1) is 28.1 Å². The second-order valence-corrected chi connectivity index (χ2v) is 6.01. The van der Waals surface area contributed by atoms with Gasteiger partial charge in [0.1, 0.15) is 11.5 Å². The predicted molar refractivity (Wildman–Crippen MR) is 106 cm³/mol. The molecular formula is C21H16N2O6. The summed E-state index contributed by atoms with van der Waals surface area (Å²) in [4.78, 5) is 36.3. The fraction of sp³-hybridized carbons (Fsp3) is 0. The summed E-state index contributed by atoms with van der Waals surface area (Å²) in [6, 6.07) is 15.5. The normalized spacial score (nSPS) is 10.2. The molecule has 0 spiro atoms. The summed E-state index contributed by atoms with van der Waals surface area (Å²) in [7, 11) is 0. The van der Waals surface area contributed by atoms with Gasteiger partial charge in [-0.25, -0.2) is 4.79 Å². The second kappa shape index (κ2) is 8.13. The minimum Gasteiger partial charge on any atom is -0.507 e. The van der Waals surface area contributed by atoms with E-state index >= 15 is 0 Å². The summed E-state index contributed by atoms with van der Waals surface area (Å²) in [6.45, 7) is 0. The molecule has 0 aromatic heterocycles. The number of hydrogen-bond donors (Lipinski definition) is 5. The molecule has 29 heavy (non-hydrogen) atoms. The Bertz CT molecular complexity index is 1110. The number of aromatic carboxylic acids is 1. The molecule has 8 nitrogen and oxygen atoms in total. The maximum atomic E-state index is 12.5. The molecule has 0 atom stereocenters. The molecule has 0 radical (unpaired) electrons. The lowest BCUT2D eigenvalue weighted by Crippen LogP contribution is -2.17. The number of phenols is 2. The van der Waals surface area contributed by atoms with Crippen molar-refractivity contribution in [3.8, 4) is 11.5 Å². The Morgan fingerprint density at radius 1 is 0.655 bits per heavy atom. The Labute approximate surface area is 165 Å². The Kier molecular flexibility index (Phi) is 5.45. The number of carbonyl (C=O) groups is 3. The molecule has 0 bridgehead atoms. The maximum Gasteiger partial charge on any atom is 0.335 e. The van der Waals surface area contributed by atoms with E-state index in [0.717, 1.165) is 0 Å². The predicted octanol–water partition coefficient (Wildman–Crippen LogP) is 3.30. The van der Waals surface area contributed by atoms with Crippen LogP contribution in [0.4, 0.5) is 11.4 Å². The summed E-state index contributed by atoms with van der Waals surface area (Å²) < 4.78 is 0. The number of aromatic hydroxyl groups is 2. The molecule has 0 fully saturated rings. The third-order valence-corrected chi connectivity index (χ3v) is 4.06. The molecule has 0 heterocycles. The standard InChI is InChI=1S/C21H16N2O6/c24-17-7-3-1-5-13(17)19(26)22-15-10-9-12(21(28)29)11-16(15)23-20(27)14-6-2-4-8-18(14)25/h1-11,24-25H,(H,22,26)(H,23,27)(H,28,29). The van der Waals surface area contributed by atoms with Gasteiger partial charge in [-0.2, -0.15) is 0 Å². The number of phenolic OH excluding ortho intramolecular Hbond substituents is 2. The molecule has 0 aliphatic heterocycles. The number of rotatable bonds is 5. The molecule has 0 saturated heterocycles. The maximum absolute atomic E-state index is 12.5. The van der Waals surface area contributed by atoms with Gasteiger partial charge >= 0.3 is 5.97 Å². The molecule has 0 unspecified atom stereocenters. The Morgan fingerprint density at radius 2 is 1.14 bits per heavy atom. The first kappa shape index (κ1) is 19.4. The van der Waals surface area contributed by atoms with Crippen LogP contribution in [0.1, 0.15) is 31.1 Å². The van der Waals surface area contributed by atoms with Crippen LogP contribution in [-0.4, -0.2) is 33.1 Å². The number of para-hydroxylation sites is 2. The van der Waals surface area contributed by atoms with E-state index in [1.165, 1.54) is 42.5 Å². The van der Waals surface area contributed by atoms with Crippen molar-refractivity contribution in [2.75, 3.05) is 10.6 Å². The van der Waals surface area contributed by atoms with E-state index in [2.05, 4.69) is 10.6 Å². The molecule has 0 aliphatic carbocycles. The first-order chi connectivity index (χ1) is 13.9. The topological polar surface area (TPSA) is 136 Å². The van der Waals surface area contributed by atoms with E-state index in [4.69, 9.17) is 0 Å². The molecule has 3 aromatic rings. The highest BCUT2D eigenvalue weighted by Crippen LogP contribution is 2.27. The van der Waals surface area contributed by atoms with Gasteiger partial charge < -0.3 is 26.0 Å². The van der Waals surface area contributed by atoms with Gasteiger partial charge in [0, 0.05) is 0 Å². The van der Waals surface area contributed by atoms with Crippen LogP contribution in [0.15, 0.2) is 66.7 Å². The smallest absolute Gasteiger partial charge is 0.335 e. The van der Waals surface area contributed by atoms with Gasteiger partial charge in [0.2, 0.25) is 0 Å². The van der Waals surface area contributed by atoms with Gasteiger partial charge in [-0.1, -0.05) is 24.3 Å². The summed E-state index contributed by atoms with van der Waals surface area (Å²) in [5.74, 6) is -3.04. The number of carboxylic acids is 1. The third-order valence-electron chi connectivity index (χ3n) is 4.06. The monoisotopic (exact) mass is 392 g/mol. The Hall–Kier alpha value is -4.33. The van der Waals surface area contributed by atoms with Crippen LogP contribution in [0.2, 0.25) is 0 Å². The first-order valence-corrected chi connectivity index (χ1v) is 8.43. The van der Waals surface area contributed by atoms with E-state index in [1.807, 2.05) is 0 Å². The second-order valence-electron chi connectivity index (χ2n) is 6.01. The van der Waals surface area contributed by atoms with Crippen molar-refractivity contribution in [1.82, 2.24) is 0 Å². The van der Waals surface area contributed by atoms with Crippen LogP contribution in [0, 0.1) is 0 Å². The highest BCUT2D eigenvalue weighted by Gasteiger charge is 2.17. The number of nitrogens with one attached hydrogen (secondary N) is 2. The number of carbonyl (C=O) groups excluding carboxylic acids is 2. The van der Waals surface area contributed by atoms with Crippen LogP contribution >= 0.6 is 0 Å². The lowest BCUT2D eigenvalue weighted by atomic mass is 10.1. The zero-order chi connectivity index (χ0) is 21.0. The number of amides is 2. The number of anilines is 2. The van der Waals surface area contributed by atoms with Gasteiger partial charge in [-0.05, 0) is 42.5 Å².